The van der Waals surface area contributed by atoms with Crippen molar-refractivity contribution in [1.82, 2.24) is 10.3 Å². The van der Waals surface area contributed by atoms with Crippen LogP contribution >= 0.6 is 11.3 Å². The number of carbonyl (C=O) groups excluding carboxylic acids is 1. The molecular formula is C24H32N2O4SSi. The van der Waals surface area contributed by atoms with Crippen molar-refractivity contribution in [2.75, 3.05) is 6.54 Å². The SMILES string of the molecule is C[SiH](C)OC(c1cccc(CC(=O)NCCc2ccc(O)c3[nH]c(=O)sc23)c1)C(C)(C)C. The molecule has 1 atom stereocenters. The van der Waals surface area contributed by atoms with Gasteiger partial charge in [0.1, 0.15) is 11.3 Å². The van der Waals surface area contributed by atoms with Gasteiger partial charge in [-0.3, -0.25) is 9.59 Å². The Kier molecular flexibility index (Phi) is 7.58. The van der Waals surface area contributed by atoms with Gasteiger partial charge in [0.25, 0.3) is 0 Å². The average molecular weight is 473 g/mol. The minimum atomic E-state index is -1.22. The molecule has 3 N–H and O–H groups in total. The Hall–Kier alpha value is -2.42. The van der Waals surface area contributed by atoms with E-state index in [-0.39, 0.29) is 28.0 Å². The van der Waals surface area contributed by atoms with E-state index in [4.69, 9.17) is 4.43 Å². The van der Waals surface area contributed by atoms with Crippen molar-refractivity contribution >= 4 is 36.5 Å². The van der Waals surface area contributed by atoms with E-state index in [1.807, 2.05) is 12.1 Å². The van der Waals surface area contributed by atoms with Crippen LogP contribution in [0.2, 0.25) is 13.1 Å². The lowest BCUT2D eigenvalue weighted by molar-refractivity contribution is -0.120. The second-order valence-corrected chi connectivity index (χ2v) is 12.8. The number of rotatable bonds is 8. The summed E-state index contributed by atoms with van der Waals surface area (Å²) in [5.74, 6) is 0.00887. The molecule has 0 radical (unpaired) electrons. The van der Waals surface area contributed by atoms with Gasteiger partial charge in [-0.2, -0.15) is 0 Å². The Labute approximate surface area is 194 Å². The van der Waals surface area contributed by atoms with Crippen molar-refractivity contribution in [2.45, 2.75) is 52.8 Å². The number of phenols is 1. The van der Waals surface area contributed by atoms with Crippen molar-refractivity contribution < 1.29 is 14.3 Å². The number of aromatic amines is 1. The van der Waals surface area contributed by atoms with Gasteiger partial charge in [0.2, 0.25) is 5.91 Å². The van der Waals surface area contributed by atoms with Gasteiger partial charge in [-0.15, -0.1) is 0 Å². The van der Waals surface area contributed by atoms with Gasteiger partial charge in [-0.25, -0.2) is 0 Å². The van der Waals surface area contributed by atoms with Crippen LogP contribution in [0.4, 0.5) is 0 Å². The second-order valence-electron chi connectivity index (χ2n) is 9.42. The number of hydrogen-bond acceptors (Lipinski definition) is 5. The number of aromatic nitrogens is 1. The first-order chi connectivity index (χ1) is 15.0. The molecular weight excluding hydrogens is 440 g/mol. The first kappa shape index (κ1) is 24.2. The van der Waals surface area contributed by atoms with E-state index in [1.54, 1.807) is 12.1 Å². The fourth-order valence-electron chi connectivity index (χ4n) is 3.78. The molecule has 3 aromatic rings. The summed E-state index contributed by atoms with van der Waals surface area (Å²) in [7, 11) is -1.22. The lowest BCUT2D eigenvalue weighted by Crippen LogP contribution is -2.28. The Morgan fingerprint density at radius 3 is 2.69 bits per heavy atom. The van der Waals surface area contributed by atoms with E-state index in [2.05, 4.69) is 56.3 Å². The monoisotopic (exact) mass is 472 g/mol. The Morgan fingerprint density at radius 2 is 2.00 bits per heavy atom. The third-order valence-corrected chi connectivity index (χ3v) is 6.94. The highest BCUT2D eigenvalue weighted by Gasteiger charge is 2.28. The molecule has 0 spiro atoms. The van der Waals surface area contributed by atoms with Crippen LogP contribution in [0, 0.1) is 5.41 Å². The van der Waals surface area contributed by atoms with Gasteiger partial charge in [0.15, 0.2) is 9.04 Å². The minimum absolute atomic E-state index is 0.00240. The zero-order valence-electron chi connectivity index (χ0n) is 19.3. The number of benzene rings is 2. The van der Waals surface area contributed by atoms with Crippen molar-refractivity contribution in [3.05, 3.63) is 62.8 Å². The summed E-state index contributed by atoms with van der Waals surface area (Å²) in [6, 6.07) is 11.5. The van der Waals surface area contributed by atoms with Gasteiger partial charge in [-0.05, 0) is 47.7 Å². The Morgan fingerprint density at radius 1 is 1.25 bits per heavy atom. The fourth-order valence-corrected chi connectivity index (χ4v) is 5.78. The molecule has 0 bridgehead atoms. The van der Waals surface area contributed by atoms with Crippen molar-refractivity contribution in [2.24, 2.45) is 5.41 Å². The summed E-state index contributed by atoms with van der Waals surface area (Å²) in [5.41, 5.74) is 3.42. The topological polar surface area (TPSA) is 91.4 Å². The zero-order valence-corrected chi connectivity index (χ0v) is 21.3. The summed E-state index contributed by atoms with van der Waals surface area (Å²) < 4.78 is 7.05. The lowest BCUT2D eigenvalue weighted by atomic mass is 9.84. The van der Waals surface area contributed by atoms with Gasteiger partial charge >= 0.3 is 4.87 Å². The summed E-state index contributed by atoms with van der Waals surface area (Å²) in [6.45, 7) is 11.3. The first-order valence-electron chi connectivity index (χ1n) is 10.9. The number of amides is 1. The number of hydrogen-bond donors (Lipinski definition) is 3. The molecule has 0 aliphatic rings. The van der Waals surface area contributed by atoms with Gasteiger partial charge in [-0.1, -0.05) is 62.4 Å². The Bertz CT molecular complexity index is 1150. The fraction of sp³-hybridized carbons (Fsp3) is 0.417. The third kappa shape index (κ3) is 6.09. The summed E-state index contributed by atoms with van der Waals surface area (Å²) >= 11 is 1.07. The maximum absolute atomic E-state index is 12.6. The molecule has 1 unspecified atom stereocenters. The summed E-state index contributed by atoms with van der Waals surface area (Å²) in [6.07, 6.45) is 0.879. The quantitative estimate of drug-likeness (QED) is 0.427. The van der Waals surface area contributed by atoms with E-state index in [9.17, 15) is 14.7 Å². The molecule has 2 aromatic carbocycles. The Balaban J connectivity index is 1.63. The molecule has 1 aromatic heterocycles. The number of carbonyl (C=O) groups is 1. The predicted octanol–water partition coefficient (Wildman–Crippen LogP) is 4.28. The highest BCUT2D eigenvalue weighted by molar-refractivity contribution is 7.16. The molecule has 0 saturated carbocycles. The molecule has 6 nitrogen and oxygen atoms in total. The zero-order chi connectivity index (χ0) is 23.5. The van der Waals surface area contributed by atoms with Crippen LogP contribution < -0.4 is 10.2 Å². The number of H-pyrrole nitrogens is 1. The van der Waals surface area contributed by atoms with E-state index < -0.39 is 9.04 Å². The van der Waals surface area contributed by atoms with Crippen LogP contribution in [-0.2, 0) is 22.1 Å². The van der Waals surface area contributed by atoms with E-state index >= 15 is 0 Å². The minimum Gasteiger partial charge on any atom is -0.506 e. The third-order valence-electron chi connectivity index (χ3n) is 5.17. The maximum atomic E-state index is 12.6. The molecule has 32 heavy (non-hydrogen) atoms. The van der Waals surface area contributed by atoms with Crippen LogP contribution in [-0.4, -0.2) is 31.6 Å². The predicted molar refractivity (Wildman–Crippen MR) is 133 cm³/mol. The maximum Gasteiger partial charge on any atom is 0.305 e. The van der Waals surface area contributed by atoms with Crippen LogP contribution in [0.25, 0.3) is 10.2 Å². The smallest absolute Gasteiger partial charge is 0.305 e. The van der Waals surface area contributed by atoms with Gasteiger partial charge in [0.05, 0.1) is 17.2 Å². The average Bonchev–Trinajstić information content (AvgIpc) is 3.10. The molecule has 172 valence electrons. The molecule has 1 heterocycles. The molecule has 0 aliphatic carbocycles. The molecule has 3 rings (SSSR count). The number of nitrogens with one attached hydrogen (secondary N) is 2. The van der Waals surface area contributed by atoms with Crippen LogP contribution in [0.1, 0.15) is 43.6 Å². The number of thiazole rings is 1. The standard InChI is InChI=1S/C24H32N2O4SSi/c1-24(2,3)22(30-32(4)5)17-8-6-7-15(13-17)14-19(28)25-12-11-16-9-10-18(27)20-21(16)31-23(29)26-20/h6-10,13,22,27,32H,11-12,14H2,1-5H3,(H,25,28)(H,26,29). The van der Waals surface area contributed by atoms with Crippen molar-refractivity contribution in [1.29, 1.82) is 0 Å². The number of fused-ring (bicyclic) bond motifs is 1. The van der Waals surface area contributed by atoms with E-state index in [0.717, 1.165) is 32.7 Å². The molecule has 0 saturated heterocycles. The van der Waals surface area contributed by atoms with Gasteiger partial charge < -0.3 is 19.8 Å². The largest absolute Gasteiger partial charge is 0.506 e. The number of phenolic OH excluding ortho intramolecular Hbond substituents is 1. The van der Waals surface area contributed by atoms with E-state index in [1.165, 1.54) is 0 Å². The highest BCUT2D eigenvalue weighted by atomic mass is 32.1. The van der Waals surface area contributed by atoms with E-state index in [0.29, 0.717) is 24.9 Å². The molecule has 1 amide bonds. The first-order valence-corrected chi connectivity index (χ1v) is 14.5. The van der Waals surface area contributed by atoms with Crippen molar-refractivity contribution in [3.63, 3.8) is 0 Å². The van der Waals surface area contributed by atoms with Crippen LogP contribution in [0.15, 0.2) is 41.2 Å². The van der Waals surface area contributed by atoms with Gasteiger partial charge in [0, 0.05) is 6.54 Å². The molecule has 0 fully saturated rings. The lowest BCUT2D eigenvalue weighted by Gasteiger charge is -2.33. The normalized spacial score (nSPS) is 12.9. The van der Waals surface area contributed by atoms with Crippen LogP contribution in [0.3, 0.4) is 0 Å². The molecule has 0 aliphatic heterocycles. The van der Waals surface area contributed by atoms with Crippen molar-refractivity contribution in [3.8, 4) is 5.75 Å². The summed E-state index contributed by atoms with van der Waals surface area (Å²) in [5, 5.41) is 12.9. The molecule has 8 heteroatoms. The summed E-state index contributed by atoms with van der Waals surface area (Å²) in [4.78, 5) is 26.7. The van der Waals surface area contributed by atoms with Crippen LogP contribution in [0.5, 0.6) is 5.75 Å². The highest BCUT2D eigenvalue weighted by Crippen LogP contribution is 2.37. The number of aromatic hydroxyl groups is 1. The second kappa shape index (κ2) is 10.0.